The van der Waals surface area contributed by atoms with Crippen LogP contribution in [0.2, 0.25) is 0 Å². The van der Waals surface area contributed by atoms with Crippen LogP contribution in [0.3, 0.4) is 0 Å². The third-order valence-corrected chi connectivity index (χ3v) is 4.59. The lowest BCUT2D eigenvalue weighted by Gasteiger charge is -2.28. The second kappa shape index (κ2) is 6.37. The molecule has 0 bridgehead atoms. The normalized spacial score (nSPS) is 14.9. The molecule has 0 unspecified atom stereocenters. The van der Waals surface area contributed by atoms with E-state index in [1.807, 2.05) is 12.1 Å². The molecule has 1 aliphatic rings. The van der Waals surface area contributed by atoms with Gasteiger partial charge in [0.15, 0.2) is 0 Å². The zero-order valence-electron chi connectivity index (χ0n) is 13.9. The number of benzene rings is 1. The van der Waals surface area contributed by atoms with Gasteiger partial charge in [0, 0.05) is 43.5 Å². The molecule has 4 nitrogen and oxygen atoms in total. The molecule has 25 heavy (non-hydrogen) atoms. The number of aromatic nitrogens is 2. The van der Waals surface area contributed by atoms with Crippen LogP contribution in [0.4, 0.5) is 14.6 Å². The van der Waals surface area contributed by atoms with Gasteiger partial charge in [-0.2, -0.15) is 0 Å². The number of anilines is 1. The van der Waals surface area contributed by atoms with Crippen molar-refractivity contribution in [3.8, 4) is 11.3 Å². The molecule has 4 rings (SSSR count). The van der Waals surface area contributed by atoms with Crippen LogP contribution in [-0.4, -0.2) is 36.1 Å². The topological polar surface area (TPSA) is 41.0 Å². The van der Waals surface area contributed by atoms with Gasteiger partial charge in [-0.3, -0.25) is 0 Å². The van der Waals surface area contributed by atoms with Crippen LogP contribution in [0.1, 0.15) is 5.56 Å². The first-order chi connectivity index (χ1) is 12.1. The van der Waals surface area contributed by atoms with Gasteiger partial charge >= 0.3 is 0 Å². The van der Waals surface area contributed by atoms with Crippen LogP contribution < -0.4 is 10.2 Å². The summed E-state index contributed by atoms with van der Waals surface area (Å²) < 4.78 is 28.6. The van der Waals surface area contributed by atoms with Crippen LogP contribution in [0.5, 0.6) is 0 Å². The molecular formula is C19H18F2N4. The number of hydrogen-bond donors (Lipinski definition) is 1. The molecule has 1 fully saturated rings. The van der Waals surface area contributed by atoms with Gasteiger partial charge in [-0.05, 0) is 31.2 Å². The molecule has 2 aromatic heterocycles. The smallest absolute Gasteiger partial charge is 0.140 e. The molecule has 0 spiro atoms. The number of pyridine rings is 2. The summed E-state index contributed by atoms with van der Waals surface area (Å²) in [4.78, 5) is 11.2. The monoisotopic (exact) mass is 340 g/mol. The Labute approximate surface area is 144 Å². The standard InChI is InChI=1S/C19H18F2N4/c1-12-18(21)17-14(20)3-2-4-15(17)24-19(12)13-5-6-16(23-11-13)25-9-7-22-8-10-25/h2-6,11,22H,7-10H2,1H3. The van der Waals surface area contributed by atoms with E-state index >= 15 is 0 Å². The van der Waals surface area contributed by atoms with Crippen molar-refractivity contribution < 1.29 is 8.78 Å². The third-order valence-electron chi connectivity index (χ3n) is 4.59. The van der Waals surface area contributed by atoms with E-state index in [0.29, 0.717) is 16.8 Å². The predicted molar refractivity (Wildman–Crippen MR) is 94.7 cm³/mol. The summed E-state index contributed by atoms with van der Waals surface area (Å²) in [5.41, 5.74) is 1.86. The average Bonchev–Trinajstić information content (AvgIpc) is 2.65. The molecule has 6 heteroatoms. The molecule has 0 aliphatic carbocycles. The Morgan fingerprint density at radius 1 is 1.08 bits per heavy atom. The molecule has 0 saturated carbocycles. The minimum absolute atomic E-state index is 0.0610. The summed E-state index contributed by atoms with van der Waals surface area (Å²) in [7, 11) is 0. The largest absolute Gasteiger partial charge is 0.354 e. The molecular weight excluding hydrogens is 322 g/mol. The maximum atomic E-state index is 14.7. The van der Waals surface area contributed by atoms with Crippen LogP contribution in [-0.2, 0) is 0 Å². The Hall–Kier alpha value is -2.60. The van der Waals surface area contributed by atoms with Crippen LogP contribution in [0.25, 0.3) is 22.2 Å². The molecule has 3 heterocycles. The van der Waals surface area contributed by atoms with Gasteiger partial charge in [0.05, 0.1) is 16.6 Å². The van der Waals surface area contributed by atoms with Crippen LogP contribution in [0, 0.1) is 18.6 Å². The van der Waals surface area contributed by atoms with Crippen molar-refractivity contribution in [3.63, 3.8) is 0 Å². The fraction of sp³-hybridized carbons (Fsp3) is 0.263. The average molecular weight is 340 g/mol. The number of hydrogen-bond acceptors (Lipinski definition) is 4. The van der Waals surface area contributed by atoms with E-state index in [1.54, 1.807) is 19.2 Å². The highest BCUT2D eigenvalue weighted by Gasteiger charge is 2.17. The van der Waals surface area contributed by atoms with E-state index in [0.717, 1.165) is 37.6 Å². The van der Waals surface area contributed by atoms with Gasteiger partial charge in [-0.15, -0.1) is 0 Å². The zero-order valence-corrected chi connectivity index (χ0v) is 13.9. The highest BCUT2D eigenvalue weighted by molar-refractivity contribution is 5.84. The first-order valence-electron chi connectivity index (χ1n) is 8.31. The van der Waals surface area contributed by atoms with Crippen molar-refractivity contribution in [1.82, 2.24) is 15.3 Å². The molecule has 128 valence electrons. The minimum atomic E-state index is -0.593. The summed E-state index contributed by atoms with van der Waals surface area (Å²) in [6, 6.07) is 8.22. The fourth-order valence-corrected chi connectivity index (χ4v) is 3.21. The molecule has 0 radical (unpaired) electrons. The number of nitrogens with zero attached hydrogens (tertiary/aromatic N) is 3. The van der Waals surface area contributed by atoms with Crippen LogP contribution in [0.15, 0.2) is 36.5 Å². The van der Waals surface area contributed by atoms with Crippen molar-refractivity contribution in [2.24, 2.45) is 0 Å². The predicted octanol–water partition coefficient (Wildman–Crippen LogP) is 3.29. The lowest BCUT2D eigenvalue weighted by atomic mass is 10.0. The van der Waals surface area contributed by atoms with Crippen molar-refractivity contribution in [3.05, 3.63) is 53.7 Å². The molecule has 1 saturated heterocycles. The maximum Gasteiger partial charge on any atom is 0.140 e. The highest BCUT2D eigenvalue weighted by atomic mass is 19.1. The van der Waals surface area contributed by atoms with Gasteiger partial charge in [0.1, 0.15) is 17.5 Å². The van der Waals surface area contributed by atoms with Crippen molar-refractivity contribution in [2.75, 3.05) is 31.1 Å². The van der Waals surface area contributed by atoms with Gasteiger partial charge in [0.2, 0.25) is 0 Å². The summed E-state index contributed by atoms with van der Waals surface area (Å²) in [6.07, 6.45) is 1.71. The minimum Gasteiger partial charge on any atom is -0.354 e. The Morgan fingerprint density at radius 2 is 1.88 bits per heavy atom. The first-order valence-corrected chi connectivity index (χ1v) is 8.31. The summed E-state index contributed by atoms with van der Waals surface area (Å²) in [5, 5.41) is 3.24. The van der Waals surface area contributed by atoms with E-state index in [1.165, 1.54) is 12.1 Å². The van der Waals surface area contributed by atoms with Gasteiger partial charge < -0.3 is 10.2 Å². The Bertz CT molecular complexity index is 919. The first kappa shape index (κ1) is 15.9. The molecule has 3 aromatic rings. The molecule has 1 aromatic carbocycles. The van der Waals surface area contributed by atoms with E-state index in [-0.39, 0.29) is 5.39 Å². The van der Waals surface area contributed by atoms with E-state index in [9.17, 15) is 8.78 Å². The van der Waals surface area contributed by atoms with Crippen LogP contribution >= 0.6 is 0 Å². The van der Waals surface area contributed by atoms with E-state index in [2.05, 4.69) is 20.2 Å². The quantitative estimate of drug-likeness (QED) is 0.777. The molecule has 0 atom stereocenters. The second-order valence-electron chi connectivity index (χ2n) is 6.18. The van der Waals surface area contributed by atoms with E-state index in [4.69, 9.17) is 0 Å². The van der Waals surface area contributed by atoms with Crippen molar-refractivity contribution >= 4 is 16.7 Å². The molecule has 1 aliphatic heterocycles. The van der Waals surface area contributed by atoms with Crippen molar-refractivity contribution in [1.29, 1.82) is 0 Å². The summed E-state index contributed by atoms with van der Waals surface area (Å²) >= 11 is 0. The molecule has 1 N–H and O–H groups in total. The summed E-state index contributed by atoms with van der Waals surface area (Å²) in [6.45, 7) is 5.31. The number of nitrogens with one attached hydrogen (secondary N) is 1. The lowest BCUT2D eigenvalue weighted by molar-refractivity contribution is 0.585. The van der Waals surface area contributed by atoms with E-state index < -0.39 is 11.6 Å². The number of halogens is 2. The highest BCUT2D eigenvalue weighted by Crippen LogP contribution is 2.30. The second-order valence-corrected chi connectivity index (χ2v) is 6.18. The Kier molecular flexibility index (Phi) is 4.05. The Morgan fingerprint density at radius 3 is 2.60 bits per heavy atom. The van der Waals surface area contributed by atoms with Gasteiger partial charge in [-0.1, -0.05) is 6.07 Å². The lowest BCUT2D eigenvalue weighted by Crippen LogP contribution is -2.43. The number of fused-ring (bicyclic) bond motifs is 1. The molecule has 0 amide bonds. The van der Waals surface area contributed by atoms with Gasteiger partial charge in [-0.25, -0.2) is 18.7 Å². The number of rotatable bonds is 2. The fourth-order valence-electron chi connectivity index (χ4n) is 3.21. The Balaban J connectivity index is 1.75. The number of piperazine rings is 1. The SMILES string of the molecule is Cc1c(-c2ccc(N3CCNCC3)nc2)nc2cccc(F)c2c1F. The maximum absolute atomic E-state index is 14.7. The third kappa shape index (κ3) is 2.82. The summed E-state index contributed by atoms with van der Waals surface area (Å²) in [5.74, 6) is -0.260. The van der Waals surface area contributed by atoms with Crippen molar-refractivity contribution in [2.45, 2.75) is 6.92 Å². The van der Waals surface area contributed by atoms with Gasteiger partial charge in [0.25, 0.3) is 0 Å². The zero-order chi connectivity index (χ0) is 17.4.